The number of hydrogen-bond acceptors (Lipinski definition) is 4. The first-order valence-corrected chi connectivity index (χ1v) is 16.2. The number of hydrogen-bond donors (Lipinski definition) is 0. The van der Waals surface area contributed by atoms with Crippen LogP contribution >= 0.6 is 0 Å². The molecule has 0 amide bonds. The van der Waals surface area contributed by atoms with E-state index in [9.17, 15) is 0 Å². The highest BCUT2D eigenvalue weighted by Crippen LogP contribution is 2.35. The molecule has 228 valence electrons. The molecule has 3 aromatic heterocycles. The minimum atomic E-state index is -0.322. The Morgan fingerprint density at radius 3 is 1.42 bits per heavy atom. The first kappa shape index (κ1) is 29.4. The normalized spacial score (nSPS) is 14.4. The summed E-state index contributed by atoms with van der Waals surface area (Å²) < 4.78 is 9.12. The average Bonchev–Trinajstić information content (AvgIpc) is 3.19. The van der Waals surface area contributed by atoms with Gasteiger partial charge in [0.1, 0.15) is 6.21 Å². The van der Waals surface area contributed by atoms with Gasteiger partial charge in [-0.25, -0.2) is 0 Å². The van der Waals surface area contributed by atoms with Crippen molar-refractivity contribution in [3.8, 4) is 44.5 Å². The highest BCUT2D eigenvalue weighted by atomic mass is 16.4. The fourth-order valence-corrected chi connectivity index (χ4v) is 6.42. The van der Waals surface area contributed by atoms with Crippen LogP contribution in [0.1, 0.15) is 11.5 Å². The van der Waals surface area contributed by atoms with Crippen LogP contribution in [0.3, 0.4) is 0 Å². The van der Waals surface area contributed by atoms with E-state index in [1.54, 1.807) is 0 Å². The van der Waals surface area contributed by atoms with Crippen LogP contribution in [0, 0.1) is 0 Å². The van der Waals surface area contributed by atoms with E-state index < -0.39 is 0 Å². The fourth-order valence-electron chi connectivity index (χ4n) is 6.42. The molecule has 0 saturated carbocycles. The van der Waals surface area contributed by atoms with Gasteiger partial charge in [0, 0.05) is 54.8 Å². The molecule has 4 aromatic carbocycles. The Kier molecular flexibility index (Phi) is 8.22. The van der Waals surface area contributed by atoms with E-state index in [1.807, 2.05) is 49.3 Å². The van der Waals surface area contributed by atoms with E-state index in [-0.39, 0.29) is 13.0 Å². The quantitative estimate of drug-likeness (QED) is 0.168. The van der Waals surface area contributed by atoms with Gasteiger partial charge in [0.15, 0.2) is 5.69 Å². The van der Waals surface area contributed by atoms with Crippen LogP contribution in [0.15, 0.2) is 171 Å². The summed E-state index contributed by atoms with van der Waals surface area (Å²) in [5, 5.41) is 0. The minimum absolute atomic E-state index is 0.00269. The van der Waals surface area contributed by atoms with Gasteiger partial charge in [-0.1, -0.05) is 72.8 Å². The predicted molar refractivity (Wildman–Crippen MR) is 195 cm³/mol. The molecular formula is C42H32BN4O+. The van der Waals surface area contributed by atoms with Gasteiger partial charge in [0.05, 0.1) is 12.5 Å². The largest absolute Gasteiger partial charge is 0.697 e. The topological polar surface area (TPSA) is 50.9 Å². The van der Waals surface area contributed by atoms with Gasteiger partial charge in [-0.15, -0.1) is 0 Å². The summed E-state index contributed by atoms with van der Waals surface area (Å²) in [6.45, 7) is 0.535. The van der Waals surface area contributed by atoms with Crippen molar-refractivity contribution in [3.05, 3.63) is 176 Å². The number of benzene rings is 4. The van der Waals surface area contributed by atoms with Crippen molar-refractivity contribution in [2.45, 2.75) is 5.92 Å². The van der Waals surface area contributed by atoms with Crippen LogP contribution in [0.25, 0.3) is 44.5 Å². The number of nitrogens with zero attached hydrogens (tertiary/aromatic N) is 4. The lowest BCUT2D eigenvalue weighted by atomic mass is 9.70. The Labute approximate surface area is 281 Å². The van der Waals surface area contributed by atoms with Crippen LogP contribution in [0.2, 0.25) is 0 Å². The molecule has 1 atom stereocenters. The third-order valence-electron chi connectivity index (χ3n) is 8.86. The Bertz CT molecular complexity index is 2060. The number of pyridine rings is 3. The maximum absolute atomic E-state index is 6.83. The summed E-state index contributed by atoms with van der Waals surface area (Å²) >= 11 is 0. The minimum Gasteiger partial charge on any atom is -0.368 e. The van der Waals surface area contributed by atoms with Gasteiger partial charge in [0.2, 0.25) is 0 Å². The number of aromatic nitrogens is 3. The SMILES string of the molecule is C1=[N+](c2cc(-c3ccccc3)cc(-c3ccncc3)c2)B(c2ccncc2)OCC1c1cc(-c2ccccc2)cc(-c2ccncc2)c1. The summed E-state index contributed by atoms with van der Waals surface area (Å²) in [4.78, 5) is 12.8. The van der Waals surface area contributed by atoms with E-state index in [1.165, 1.54) is 16.7 Å². The Morgan fingerprint density at radius 2 is 0.917 bits per heavy atom. The van der Waals surface area contributed by atoms with Gasteiger partial charge in [-0.05, 0) is 98.6 Å². The van der Waals surface area contributed by atoms with E-state index in [0.29, 0.717) is 6.61 Å². The highest BCUT2D eigenvalue weighted by molar-refractivity contribution is 6.60. The number of rotatable bonds is 7. The lowest BCUT2D eigenvalue weighted by molar-refractivity contribution is -0.308. The molecule has 8 rings (SSSR count). The van der Waals surface area contributed by atoms with E-state index in [2.05, 4.69) is 147 Å². The fraction of sp³-hybridized carbons (Fsp3) is 0.0476. The second kappa shape index (κ2) is 13.4. The zero-order valence-electron chi connectivity index (χ0n) is 26.3. The van der Waals surface area contributed by atoms with Crippen molar-refractivity contribution < 1.29 is 9.14 Å². The van der Waals surface area contributed by atoms with Crippen molar-refractivity contribution in [1.29, 1.82) is 0 Å². The summed E-state index contributed by atoms with van der Waals surface area (Å²) in [6, 6.07) is 47.0. The first-order chi connectivity index (χ1) is 23.8. The van der Waals surface area contributed by atoms with Crippen molar-refractivity contribution >= 4 is 24.4 Å². The van der Waals surface area contributed by atoms with E-state index in [0.717, 1.165) is 44.5 Å². The Hall–Kier alpha value is -5.98. The first-order valence-electron chi connectivity index (χ1n) is 16.2. The van der Waals surface area contributed by atoms with Crippen molar-refractivity contribution in [2.24, 2.45) is 0 Å². The second-order valence-electron chi connectivity index (χ2n) is 11.9. The molecule has 0 saturated heterocycles. The summed E-state index contributed by atoms with van der Waals surface area (Å²) in [6.07, 6.45) is 13.4. The maximum Gasteiger partial charge on any atom is 0.697 e. The summed E-state index contributed by atoms with van der Waals surface area (Å²) in [7, 11) is -0.322. The molecule has 6 heteroatoms. The zero-order chi connectivity index (χ0) is 32.1. The third kappa shape index (κ3) is 6.22. The second-order valence-corrected chi connectivity index (χ2v) is 11.9. The molecule has 1 aliphatic heterocycles. The standard InChI is InChI=1S/C42H32BN4O/c1-3-7-31(8-4-1)35-23-36(33-11-17-44-18-12-33)25-37(24-35)40-29-47(43(48-30-40)41-15-21-46-22-16-41)42-27-38(32-9-5-2-6-10-32)26-39(28-42)34-13-19-45-20-14-34/h1-29,40H,30H2/q+1. The van der Waals surface area contributed by atoms with Crippen LogP contribution in [-0.4, -0.2) is 39.3 Å². The average molecular weight is 620 g/mol. The maximum atomic E-state index is 6.83. The summed E-state index contributed by atoms with van der Waals surface area (Å²) in [5.74, 6) is -0.00269. The Balaban J connectivity index is 1.31. The lowest BCUT2D eigenvalue weighted by Gasteiger charge is -2.23. The molecule has 0 bridgehead atoms. The molecule has 1 aliphatic rings. The summed E-state index contributed by atoms with van der Waals surface area (Å²) in [5.41, 5.74) is 12.4. The molecule has 0 spiro atoms. The van der Waals surface area contributed by atoms with Gasteiger partial charge in [-0.2, -0.15) is 0 Å². The monoisotopic (exact) mass is 619 g/mol. The van der Waals surface area contributed by atoms with Crippen molar-refractivity contribution in [2.75, 3.05) is 6.61 Å². The van der Waals surface area contributed by atoms with Crippen LogP contribution in [-0.2, 0) is 4.65 Å². The van der Waals surface area contributed by atoms with Gasteiger partial charge < -0.3 is 4.65 Å². The van der Waals surface area contributed by atoms with Gasteiger partial charge >= 0.3 is 7.05 Å². The zero-order valence-corrected chi connectivity index (χ0v) is 26.3. The molecule has 0 radical (unpaired) electrons. The molecular weight excluding hydrogens is 587 g/mol. The molecule has 5 nitrogen and oxygen atoms in total. The van der Waals surface area contributed by atoms with Crippen LogP contribution in [0.5, 0.6) is 0 Å². The molecule has 7 aromatic rings. The van der Waals surface area contributed by atoms with Crippen molar-refractivity contribution in [1.82, 2.24) is 15.0 Å². The molecule has 4 heterocycles. The lowest BCUT2D eigenvalue weighted by Crippen LogP contribution is -2.48. The highest BCUT2D eigenvalue weighted by Gasteiger charge is 2.43. The molecule has 0 aliphatic carbocycles. The van der Waals surface area contributed by atoms with E-state index in [4.69, 9.17) is 4.65 Å². The van der Waals surface area contributed by atoms with E-state index >= 15 is 0 Å². The van der Waals surface area contributed by atoms with Gasteiger partial charge in [0.25, 0.3) is 0 Å². The van der Waals surface area contributed by atoms with Crippen LogP contribution < -0.4 is 5.46 Å². The van der Waals surface area contributed by atoms with Crippen molar-refractivity contribution in [3.63, 3.8) is 0 Å². The molecule has 0 N–H and O–H groups in total. The predicted octanol–water partition coefficient (Wildman–Crippen LogP) is 8.46. The Morgan fingerprint density at radius 1 is 0.479 bits per heavy atom. The third-order valence-corrected chi connectivity index (χ3v) is 8.86. The van der Waals surface area contributed by atoms with Crippen LogP contribution in [0.4, 0.5) is 5.69 Å². The molecule has 48 heavy (non-hydrogen) atoms. The molecule has 0 fully saturated rings. The van der Waals surface area contributed by atoms with Gasteiger partial charge in [-0.3, -0.25) is 19.4 Å². The smallest absolute Gasteiger partial charge is 0.368 e. The molecule has 1 unspecified atom stereocenters.